The Morgan fingerprint density at radius 3 is 2.27 bits per heavy atom. The smallest absolute Gasteiger partial charge is 0.326 e. The first kappa shape index (κ1) is 27.5. The number of nitrogens with two attached hydrogens (primary N) is 3. The summed E-state index contributed by atoms with van der Waals surface area (Å²) in [5.41, 5.74) is 16.9. The van der Waals surface area contributed by atoms with Gasteiger partial charge in [-0.15, -0.1) is 0 Å². The number of imidazole rings is 1. The highest BCUT2D eigenvalue weighted by atomic mass is 16.4. The molecule has 1 aromatic heterocycles. The molecule has 4 atom stereocenters. The van der Waals surface area contributed by atoms with Gasteiger partial charge in [0.25, 0.3) is 0 Å². The van der Waals surface area contributed by atoms with Crippen molar-refractivity contribution < 1.29 is 29.1 Å². The lowest BCUT2D eigenvalue weighted by Crippen LogP contribution is -2.57. The Morgan fingerprint density at radius 1 is 1.06 bits per heavy atom. The van der Waals surface area contributed by atoms with Crippen LogP contribution in [-0.2, 0) is 30.4 Å². The molecule has 33 heavy (non-hydrogen) atoms. The zero-order valence-electron chi connectivity index (χ0n) is 18.4. The number of unbranched alkanes of at least 4 members (excludes halogenated alkanes) is 1. The van der Waals surface area contributed by atoms with Crippen molar-refractivity contribution in [3.8, 4) is 0 Å². The molecule has 0 aliphatic heterocycles. The molecule has 4 amide bonds. The Labute approximate surface area is 190 Å². The lowest BCUT2D eigenvalue weighted by molar-refractivity contribution is -0.142. The number of aromatic nitrogens is 2. The van der Waals surface area contributed by atoms with E-state index in [0.29, 0.717) is 31.5 Å². The van der Waals surface area contributed by atoms with Gasteiger partial charge in [0.1, 0.15) is 18.1 Å². The fourth-order valence-electron chi connectivity index (χ4n) is 2.82. The highest BCUT2D eigenvalue weighted by molar-refractivity contribution is 5.96. The number of primary amides is 1. The molecular weight excluding hydrogens is 436 g/mol. The first-order valence-electron chi connectivity index (χ1n) is 10.4. The number of aliphatic carboxylic acids is 1. The fraction of sp³-hybridized carbons (Fsp3) is 0.579. The molecule has 0 spiro atoms. The minimum Gasteiger partial charge on any atom is -0.480 e. The Hall–Kier alpha value is -3.52. The maximum Gasteiger partial charge on any atom is 0.326 e. The zero-order chi connectivity index (χ0) is 25.0. The maximum absolute atomic E-state index is 12.6. The van der Waals surface area contributed by atoms with E-state index in [2.05, 4.69) is 25.9 Å². The van der Waals surface area contributed by atoms with Crippen LogP contribution in [0.15, 0.2) is 12.5 Å². The average molecular weight is 469 g/mol. The van der Waals surface area contributed by atoms with Gasteiger partial charge in [0.2, 0.25) is 23.6 Å². The normalized spacial score (nSPS) is 14.4. The second-order valence-electron chi connectivity index (χ2n) is 7.53. The van der Waals surface area contributed by atoms with E-state index in [1.807, 2.05) is 0 Å². The number of carboxylic acid groups (broad SMARTS) is 1. The highest BCUT2D eigenvalue weighted by Gasteiger charge is 2.29. The van der Waals surface area contributed by atoms with E-state index in [4.69, 9.17) is 17.2 Å². The molecule has 14 heteroatoms. The number of carboxylic acids is 1. The minimum absolute atomic E-state index is 0.0514. The van der Waals surface area contributed by atoms with Gasteiger partial charge >= 0.3 is 5.97 Å². The summed E-state index contributed by atoms with van der Waals surface area (Å²) in [5, 5.41) is 16.4. The molecule has 0 aliphatic rings. The Bertz CT molecular complexity index is 815. The fourth-order valence-corrected chi connectivity index (χ4v) is 2.82. The summed E-state index contributed by atoms with van der Waals surface area (Å²) in [5.74, 6) is -4.41. The van der Waals surface area contributed by atoms with Crippen LogP contribution in [0.4, 0.5) is 0 Å². The first-order chi connectivity index (χ1) is 15.5. The molecular formula is C19H32N8O6. The van der Waals surface area contributed by atoms with Gasteiger partial charge in [-0.2, -0.15) is 0 Å². The number of carbonyl (C=O) groups excluding carboxylic acids is 4. The number of H-pyrrole nitrogens is 1. The van der Waals surface area contributed by atoms with Crippen LogP contribution in [0.5, 0.6) is 0 Å². The van der Waals surface area contributed by atoms with Crippen LogP contribution < -0.4 is 33.2 Å². The third kappa shape index (κ3) is 10.1. The molecule has 11 N–H and O–H groups in total. The minimum atomic E-state index is -1.36. The number of nitrogens with one attached hydrogen (secondary N) is 4. The SMILES string of the molecule is CC(NC(=O)C(CC(N)=O)NC(=O)C(N)CCCCN)C(=O)NC(Cc1cnc[nH]1)C(=O)O. The first-order valence-corrected chi connectivity index (χ1v) is 10.4. The Morgan fingerprint density at radius 2 is 1.73 bits per heavy atom. The zero-order valence-corrected chi connectivity index (χ0v) is 18.4. The number of carbonyl (C=O) groups is 5. The van der Waals surface area contributed by atoms with Crippen LogP contribution in [0.3, 0.4) is 0 Å². The van der Waals surface area contributed by atoms with Gasteiger partial charge in [0, 0.05) is 18.3 Å². The predicted octanol–water partition coefficient (Wildman–Crippen LogP) is -3.16. The van der Waals surface area contributed by atoms with Gasteiger partial charge in [-0.1, -0.05) is 6.42 Å². The number of nitrogens with zero attached hydrogens (tertiary/aromatic N) is 1. The highest BCUT2D eigenvalue weighted by Crippen LogP contribution is 2.02. The number of aromatic amines is 1. The summed E-state index contributed by atoms with van der Waals surface area (Å²) < 4.78 is 0. The lowest BCUT2D eigenvalue weighted by Gasteiger charge is -2.23. The standard InChI is InChI=1S/C19H32N8O6/c1-10(16(29)27-14(19(32)33)6-11-8-23-9-24-11)25-18(31)13(7-15(22)28)26-17(30)12(21)4-2-3-5-20/h8-10,12-14H,2-7,20-21H2,1H3,(H2,22,28)(H,23,24)(H,25,31)(H,26,30)(H,27,29)(H,32,33). The molecule has 0 bridgehead atoms. The summed E-state index contributed by atoms with van der Waals surface area (Å²) in [6.45, 7) is 1.77. The van der Waals surface area contributed by atoms with Gasteiger partial charge in [-0.05, 0) is 26.3 Å². The van der Waals surface area contributed by atoms with Crippen LogP contribution in [-0.4, -0.2) is 75.4 Å². The van der Waals surface area contributed by atoms with Gasteiger partial charge in [-0.25, -0.2) is 9.78 Å². The topological polar surface area (TPSA) is 248 Å². The van der Waals surface area contributed by atoms with Crippen molar-refractivity contribution in [3.05, 3.63) is 18.2 Å². The van der Waals surface area contributed by atoms with Gasteiger partial charge < -0.3 is 43.2 Å². The molecule has 0 radical (unpaired) electrons. The van der Waals surface area contributed by atoms with E-state index in [1.54, 1.807) is 0 Å². The van der Waals surface area contributed by atoms with Crippen molar-refractivity contribution in [2.45, 2.75) is 63.2 Å². The van der Waals surface area contributed by atoms with Crippen LogP contribution >= 0.6 is 0 Å². The molecule has 1 heterocycles. The Balaban J connectivity index is 2.72. The molecule has 1 rings (SSSR count). The quantitative estimate of drug-likeness (QED) is 0.121. The number of hydrogen-bond donors (Lipinski definition) is 8. The number of rotatable bonds is 15. The molecule has 4 unspecified atom stereocenters. The third-order valence-corrected chi connectivity index (χ3v) is 4.69. The van der Waals surface area contributed by atoms with Crippen molar-refractivity contribution in [2.75, 3.05) is 6.54 Å². The van der Waals surface area contributed by atoms with Crippen molar-refractivity contribution in [3.63, 3.8) is 0 Å². The maximum atomic E-state index is 12.6. The molecule has 0 saturated heterocycles. The van der Waals surface area contributed by atoms with E-state index >= 15 is 0 Å². The van der Waals surface area contributed by atoms with E-state index < -0.39 is 60.2 Å². The predicted molar refractivity (Wildman–Crippen MR) is 116 cm³/mol. The van der Waals surface area contributed by atoms with E-state index in [9.17, 15) is 29.1 Å². The second-order valence-corrected chi connectivity index (χ2v) is 7.53. The number of amides is 4. The molecule has 184 valence electrons. The molecule has 0 saturated carbocycles. The summed E-state index contributed by atoms with van der Waals surface area (Å²) in [6, 6.07) is -4.72. The van der Waals surface area contributed by atoms with Crippen LogP contribution in [0.1, 0.15) is 38.3 Å². The lowest BCUT2D eigenvalue weighted by atomic mass is 10.1. The van der Waals surface area contributed by atoms with E-state index in [-0.39, 0.29) is 6.42 Å². The van der Waals surface area contributed by atoms with Gasteiger partial charge in [0.05, 0.1) is 18.8 Å². The van der Waals surface area contributed by atoms with Crippen molar-refractivity contribution >= 4 is 29.6 Å². The summed E-state index contributed by atoms with van der Waals surface area (Å²) in [6.07, 6.45) is 3.85. The summed E-state index contributed by atoms with van der Waals surface area (Å²) >= 11 is 0. The van der Waals surface area contributed by atoms with Gasteiger partial charge in [0.15, 0.2) is 0 Å². The molecule has 0 aliphatic carbocycles. The van der Waals surface area contributed by atoms with Crippen LogP contribution in [0, 0.1) is 0 Å². The Kier molecular flexibility index (Phi) is 11.5. The molecule has 1 aromatic rings. The summed E-state index contributed by atoms with van der Waals surface area (Å²) in [7, 11) is 0. The van der Waals surface area contributed by atoms with Crippen LogP contribution in [0.25, 0.3) is 0 Å². The van der Waals surface area contributed by atoms with Crippen molar-refractivity contribution in [2.24, 2.45) is 17.2 Å². The van der Waals surface area contributed by atoms with E-state index in [0.717, 1.165) is 0 Å². The van der Waals surface area contributed by atoms with Crippen molar-refractivity contribution in [1.29, 1.82) is 0 Å². The van der Waals surface area contributed by atoms with E-state index in [1.165, 1.54) is 19.4 Å². The third-order valence-electron chi connectivity index (χ3n) is 4.69. The van der Waals surface area contributed by atoms with Crippen LogP contribution in [0.2, 0.25) is 0 Å². The average Bonchev–Trinajstić information content (AvgIpc) is 3.25. The molecule has 0 fully saturated rings. The molecule has 0 aromatic carbocycles. The summed E-state index contributed by atoms with van der Waals surface area (Å²) in [4.78, 5) is 66.6. The monoisotopic (exact) mass is 468 g/mol. The number of hydrogen-bond acceptors (Lipinski definition) is 8. The van der Waals surface area contributed by atoms with Gasteiger partial charge in [-0.3, -0.25) is 19.2 Å². The largest absolute Gasteiger partial charge is 0.480 e. The molecule has 14 nitrogen and oxygen atoms in total. The van der Waals surface area contributed by atoms with Crippen molar-refractivity contribution in [1.82, 2.24) is 25.9 Å². The second kappa shape index (κ2) is 13.8.